The molecular formula is C22H31N3O3. The highest BCUT2D eigenvalue weighted by Crippen LogP contribution is 2.18. The molecule has 0 saturated heterocycles. The number of hydrogen-bond donors (Lipinski definition) is 1. The van der Waals surface area contributed by atoms with Crippen molar-refractivity contribution >= 4 is 11.9 Å². The fourth-order valence-corrected chi connectivity index (χ4v) is 2.72. The van der Waals surface area contributed by atoms with E-state index in [0.29, 0.717) is 36.2 Å². The van der Waals surface area contributed by atoms with E-state index >= 15 is 0 Å². The number of aryl methyl sites for hydroxylation is 1. The number of rotatable bonds is 9. The third-order valence-electron chi connectivity index (χ3n) is 4.29. The Morgan fingerprint density at radius 2 is 1.79 bits per heavy atom. The van der Waals surface area contributed by atoms with Gasteiger partial charge in [0.25, 0.3) is 5.91 Å². The van der Waals surface area contributed by atoms with E-state index in [4.69, 9.17) is 4.74 Å². The highest BCUT2D eigenvalue weighted by atomic mass is 16.5. The van der Waals surface area contributed by atoms with Crippen LogP contribution >= 0.6 is 0 Å². The van der Waals surface area contributed by atoms with Crippen LogP contribution in [0.3, 0.4) is 0 Å². The molecule has 1 amide bonds. The lowest BCUT2D eigenvalue weighted by molar-refractivity contribution is 0.0518. The quantitative estimate of drug-likeness (QED) is 0.662. The van der Waals surface area contributed by atoms with Crippen LogP contribution in [0, 0.1) is 11.8 Å². The molecule has 6 heteroatoms. The van der Waals surface area contributed by atoms with Gasteiger partial charge in [-0.2, -0.15) is 5.10 Å². The van der Waals surface area contributed by atoms with E-state index in [0.717, 1.165) is 24.2 Å². The summed E-state index contributed by atoms with van der Waals surface area (Å²) in [5, 5.41) is 7.36. The predicted molar refractivity (Wildman–Crippen MR) is 110 cm³/mol. The lowest BCUT2D eigenvalue weighted by atomic mass is 10.1. The van der Waals surface area contributed by atoms with E-state index in [9.17, 15) is 9.59 Å². The van der Waals surface area contributed by atoms with Crippen LogP contribution in [-0.2, 0) is 11.2 Å². The van der Waals surface area contributed by atoms with E-state index < -0.39 is 5.97 Å². The second kappa shape index (κ2) is 10.1. The summed E-state index contributed by atoms with van der Waals surface area (Å²) in [6.45, 7) is 11.2. The predicted octanol–water partition coefficient (Wildman–Crippen LogP) is 4.02. The van der Waals surface area contributed by atoms with E-state index in [1.165, 1.54) is 0 Å². The van der Waals surface area contributed by atoms with Gasteiger partial charge in [0.05, 0.1) is 12.3 Å². The summed E-state index contributed by atoms with van der Waals surface area (Å²) < 4.78 is 6.86. The molecule has 2 aromatic rings. The maximum Gasteiger partial charge on any atom is 0.358 e. The SMILES string of the molecule is CCOC(=O)c1cc(CCC(C)C)n(-c2ccc(C(=O)NCC(C)C)cc2)n1. The molecular weight excluding hydrogens is 354 g/mol. The molecule has 0 aliphatic rings. The Labute approximate surface area is 167 Å². The molecule has 0 aliphatic heterocycles. The molecule has 152 valence electrons. The molecule has 0 saturated carbocycles. The van der Waals surface area contributed by atoms with Gasteiger partial charge < -0.3 is 10.1 Å². The molecule has 1 heterocycles. The Balaban J connectivity index is 2.26. The van der Waals surface area contributed by atoms with Crippen molar-refractivity contribution in [1.82, 2.24) is 15.1 Å². The number of ether oxygens (including phenoxy) is 1. The van der Waals surface area contributed by atoms with Crippen LogP contribution in [-0.4, -0.2) is 34.8 Å². The Bertz CT molecular complexity index is 792. The Kier molecular flexibility index (Phi) is 7.79. The van der Waals surface area contributed by atoms with Crippen LogP contribution < -0.4 is 5.32 Å². The van der Waals surface area contributed by atoms with Crippen molar-refractivity contribution < 1.29 is 14.3 Å². The standard InChI is InChI=1S/C22H31N3O3/c1-6-28-22(27)20-13-19(10-7-15(2)3)25(24-20)18-11-8-17(9-12-18)21(26)23-14-16(4)5/h8-9,11-13,15-16H,6-7,10,14H2,1-5H3,(H,23,26). The first-order valence-electron chi connectivity index (χ1n) is 9.96. The van der Waals surface area contributed by atoms with Crippen molar-refractivity contribution in [1.29, 1.82) is 0 Å². The fourth-order valence-electron chi connectivity index (χ4n) is 2.72. The van der Waals surface area contributed by atoms with Gasteiger partial charge >= 0.3 is 5.97 Å². The monoisotopic (exact) mass is 385 g/mol. The molecule has 1 N–H and O–H groups in total. The van der Waals surface area contributed by atoms with Gasteiger partial charge in [0.15, 0.2) is 5.69 Å². The summed E-state index contributed by atoms with van der Waals surface area (Å²) in [4.78, 5) is 24.3. The van der Waals surface area contributed by atoms with Gasteiger partial charge in [0.2, 0.25) is 0 Å². The summed E-state index contributed by atoms with van der Waals surface area (Å²) in [6.07, 6.45) is 1.80. The zero-order valence-corrected chi connectivity index (χ0v) is 17.5. The summed E-state index contributed by atoms with van der Waals surface area (Å²) in [5.74, 6) is 0.434. The number of amides is 1. The minimum atomic E-state index is -0.420. The zero-order valence-electron chi connectivity index (χ0n) is 17.5. The van der Waals surface area contributed by atoms with Crippen LogP contribution in [0.2, 0.25) is 0 Å². The summed E-state index contributed by atoms with van der Waals surface area (Å²) >= 11 is 0. The Morgan fingerprint density at radius 1 is 1.11 bits per heavy atom. The largest absolute Gasteiger partial charge is 0.461 e. The molecule has 0 bridgehead atoms. The molecule has 0 aliphatic carbocycles. The second-order valence-corrected chi connectivity index (χ2v) is 7.74. The molecule has 0 spiro atoms. The third-order valence-corrected chi connectivity index (χ3v) is 4.29. The van der Waals surface area contributed by atoms with Crippen molar-refractivity contribution in [3.8, 4) is 5.69 Å². The number of carbonyl (C=O) groups excluding carboxylic acids is 2. The Hall–Kier alpha value is -2.63. The van der Waals surface area contributed by atoms with E-state index in [1.54, 1.807) is 29.8 Å². The second-order valence-electron chi connectivity index (χ2n) is 7.74. The minimum Gasteiger partial charge on any atom is -0.461 e. The van der Waals surface area contributed by atoms with Gasteiger partial charge in [-0.3, -0.25) is 4.79 Å². The fraction of sp³-hybridized carbons (Fsp3) is 0.500. The minimum absolute atomic E-state index is 0.0899. The van der Waals surface area contributed by atoms with Crippen molar-refractivity contribution in [2.24, 2.45) is 11.8 Å². The number of carbonyl (C=O) groups is 2. The first-order valence-corrected chi connectivity index (χ1v) is 9.96. The number of nitrogens with zero attached hydrogens (tertiary/aromatic N) is 2. The number of hydrogen-bond acceptors (Lipinski definition) is 4. The average molecular weight is 386 g/mol. The summed E-state index contributed by atoms with van der Waals surface area (Å²) in [6, 6.07) is 9.06. The third kappa shape index (κ3) is 5.94. The molecule has 0 radical (unpaired) electrons. The maximum absolute atomic E-state index is 12.2. The van der Waals surface area contributed by atoms with E-state index in [2.05, 4.69) is 38.1 Å². The number of benzene rings is 1. The average Bonchev–Trinajstić information content (AvgIpc) is 3.09. The summed E-state index contributed by atoms with van der Waals surface area (Å²) in [7, 11) is 0. The summed E-state index contributed by atoms with van der Waals surface area (Å²) in [5.41, 5.74) is 2.67. The van der Waals surface area contributed by atoms with Crippen molar-refractivity contribution in [2.45, 2.75) is 47.5 Å². The smallest absolute Gasteiger partial charge is 0.358 e. The highest BCUT2D eigenvalue weighted by Gasteiger charge is 2.17. The molecule has 6 nitrogen and oxygen atoms in total. The molecule has 28 heavy (non-hydrogen) atoms. The number of nitrogens with one attached hydrogen (secondary N) is 1. The maximum atomic E-state index is 12.2. The van der Waals surface area contributed by atoms with E-state index in [1.807, 2.05) is 12.1 Å². The zero-order chi connectivity index (χ0) is 20.7. The molecule has 1 aromatic heterocycles. The van der Waals surface area contributed by atoms with Crippen LogP contribution in [0.5, 0.6) is 0 Å². The van der Waals surface area contributed by atoms with Crippen molar-refractivity contribution in [2.75, 3.05) is 13.2 Å². The van der Waals surface area contributed by atoms with Gasteiger partial charge in [-0.15, -0.1) is 0 Å². The van der Waals surface area contributed by atoms with Crippen LogP contribution in [0.15, 0.2) is 30.3 Å². The topological polar surface area (TPSA) is 73.2 Å². The lowest BCUT2D eigenvalue weighted by Crippen LogP contribution is -2.27. The van der Waals surface area contributed by atoms with Crippen LogP contribution in [0.4, 0.5) is 0 Å². The van der Waals surface area contributed by atoms with E-state index in [-0.39, 0.29) is 5.91 Å². The van der Waals surface area contributed by atoms with Crippen molar-refractivity contribution in [3.05, 3.63) is 47.3 Å². The van der Waals surface area contributed by atoms with Gasteiger partial charge in [-0.1, -0.05) is 27.7 Å². The Morgan fingerprint density at radius 3 is 2.36 bits per heavy atom. The molecule has 0 unspecified atom stereocenters. The number of aromatic nitrogens is 2. The molecule has 0 fully saturated rings. The van der Waals surface area contributed by atoms with Crippen LogP contribution in [0.1, 0.15) is 67.6 Å². The first kappa shape index (κ1) is 21.7. The first-order chi connectivity index (χ1) is 13.3. The molecule has 2 rings (SSSR count). The van der Waals surface area contributed by atoms with Gasteiger partial charge in [0.1, 0.15) is 0 Å². The van der Waals surface area contributed by atoms with Gasteiger partial charge in [0, 0.05) is 17.8 Å². The van der Waals surface area contributed by atoms with Crippen LogP contribution in [0.25, 0.3) is 5.69 Å². The lowest BCUT2D eigenvalue weighted by Gasteiger charge is -2.10. The number of esters is 1. The normalized spacial score (nSPS) is 11.1. The molecule has 0 atom stereocenters. The van der Waals surface area contributed by atoms with Crippen molar-refractivity contribution in [3.63, 3.8) is 0 Å². The van der Waals surface area contributed by atoms with Gasteiger partial charge in [-0.05, 0) is 61.9 Å². The highest BCUT2D eigenvalue weighted by molar-refractivity contribution is 5.94. The molecule has 1 aromatic carbocycles. The van der Waals surface area contributed by atoms with Gasteiger partial charge in [-0.25, -0.2) is 9.48 Å².